The molecule has 0 spiro atoms. The van der Waals surface area contributed by atoms with E-state index in [-0.39, 0.29) is 17.8 Å². The average Bonchev–Trinajstić information content (AvgIpc) is 3.20. The zero-order chi connectivity index (χ0) is 23.1. The quantitative estimate of drug-likeness (QED) is 0.579. The van der Waals surface area contributed by atoms with E-state index in [1.54, 1.807) is 18.5 Å². The zero-order valence-electron chi connectivity index (χ0n) is 19.5. The van der Waals surface area contributed by atoms with Crippen LogP contribution in [0.2, 0.25) is 0 Å². The summed E-state index contributed by atoms with van der Waals surface area (Å²) in [5, 5.41) is 0. The first kappa shape index (κ1) is 23.7. The summed E-state index contributed by atoms with van der Waals surface area (Å²) in [7, 11) is 1.87. The van der Waals surface area contributed by atoms with Crippen molar-refractivity contribution < 1.29 is 9.18 Å². The molecular formula is C26H33FN4O. The number of aromatic nitrogens is 2. The van der Waals surface area contributed by atoms with Crippen LogP contribution in [0.1, 0.15) is 36.2 Å². The van der Waals surface area contributed by atoms with Gasteiger partial charge in [0.15, 0.2) is 0 Å². The summed E-state index contributed by atoms with van der Waals surface area (Å²) >= 11 is 0. The molecule has 0 bridgehead atoms. The number of benzene rings is 2. The number of rotatable bonds is 6. The van der Waals surface area contributed by atoms with Crippen molar-refractivity contribution in [2.24, 2.45) is 0 Å². The summed E-state index contributed by atoms with van der Waals surface area (Å²) in [4.78, 5) is 20.8. The summed E-state index contributed by atoms with van der Waals surface area (Å²) in [5.41, 5.74) is 4.43. The Morgan fingerprint density at radius 2 is 1.81 bits per heavy atom. The van der Waals surface area contributed by atoms with Crippen LogP contribution in [0.3, 0.4) is 0 Å². The highest BCUT2D eigenvalue weighted by molar-refractivity contribution is 5.78. The van der Waals surface area contributed by atoms with Gasteiger partial charge >= 0.3 is 0 Å². The Kier molecular flexibility index (Phi) is 8.17. The minimum absolute atomic E-state index is 0.131. The smallest absolute Gasteiger partial charge is 0.236 e. The molecule has 0 N–H and O–H groups in total. The van der Waals surface area contributed by atoms with E-state index in [2.05, 4.69) is 41.1 Å². The summed E-state index contributed by atoms with van der Waals surface area (Å²) in [5.74, 6) is -0.108. The van der Waals surface area contributed by atoms with E-state index in [0.717, 1.165) is 17.7 Å². The van der Waals surface area contributed by atoms with Crippen molar-refractivity contribution in [2.75, 3.05) is 20.1 Å². The van der Waals surface area contributed by atoms with Crippen molar-refractivity contribution in [2.45, 2.75) is 46.3 Å². The van der Waals surface area contributed by atoms with Gasteiger partial charge in [-0.05, 0) is 36.6 Å². The summed E-state index contributed by atoms with van der Waals surface area (Å²) in [6.07, 6.45) is 4.50. The molecule has 170 valence electrons. The maximum absolute atomic E-state index is 13.6. The maximum Gasteiger partial charge on any atom is 0.236 e. The fraction of sp³-hybridized carbons (Fsp3) is 0.385. The van der Waals surface area contributed by atoms with Crippen LogP contribution in [0.4, 0.5) is 4.39 Å². The number of carbonyl (C=O) groups excluding carboxylic acids is 1. The molecule has 1 fully saturated rings. The molecule has 3 aromatic rings. The monoisotopic (exact) mass is 436 g/mol. The predicted molar refractivity (Wildman–Crippen MR) is 126 cm³/mol. The fourth-order valence-corrected chi connectivity index (χ4v) is 4.11. The molecular weight excluding hydrogens is 403 g/mol. The number of nitrogens with zero attached hydrogens (tertiary/aromatic N) is 4. The molecule has 0 saturated carbocycles. The molecule has 0 aliphatic carbocycles. The topological polar surface area (TPSA) is 41.4 Å². The maximum atomic E-state index is 13.6. The normalized spacial score (nSPS) is 16.6. The number of hydrogen-bond donors (Lipinski definition) is 0. The highest BCUT2D eigenvalue weighted by atomic mass is 19.1. The summed E-state index contributed by atoms with van der Waals surface area (Å²) < 4.78 is 15.6. The lowest BCUT2D eigenvalue weighted by Gasteiger charge is -2.39. The molecule has 4 rings (SSSR count). The molecule has 1 aliphatic heterocycles. The minimum atomic E-state index is -0.239. The van der Waals surface area contributed by atoms with E-state index < -0.39 is 0 Å². The number of piperazine rings is 1. The average molecular weight is 437 g/mol. The van der Waals surface area contributed by atoms with E-state index in [1.807, 2.05) is 42.6 Å². The third kappa shape index (κ3) is 6.04. The Morgan fingerprint density at radius 3 is 2.56 bits per heavy atom. The molecule has 1 saturated heterocycles. The Hall–Kier alpha value is -2.99. The molecule has 2 heterocycles. The van der Waals surface area contributed by atoms with E-state index >= 15 is 0 Å². The Bertz CT molecular complexity index is 1030. The number of imidazole rings is 1. The Labute approximate surface area is 190 Å². The first-order valence-electron chi connectivity index (χ1n) is 11.2. The van der Waals surface area contributed by atoms with Gasteiger partial charge in [0.2, 0.25) is 5.91 Å². The third-order valence-electron chi connectivity index (χ3n) is 5.72. The second kappa shape index (κ2) is 11.0. The molecule has 32 heavy (non-hydrogen) atoms. The number of halogens is 1. The molecule has 1 unspecified atom stereocenters. The van der Waals surface area contributed by atoms with Gasteiger partial charge in [0, 0.05) is 38.9 Å². The largest absolute Gasteiger partial charge is 0.343 e. The third-order valence-corrected chi connectivity index (χ3v) is 5.72. The molecule has 2 aromatic carbocycles. The Morgan fingerprint density at radius 1 is 1.06 bits per heavy atom. The van der Waals surface area contributed by atoms with Crippen LogP contribution in [-0.2, 0) is 24.3 Å². The van der Waals surface area contributed by atoms with Gasteiger partial charge < -0.3 is 9.47 Å². The van der Waals surface area contributed by atoms with Crippen LogP contribution in [0.15, 0.2) is 61.1 Å². The van der Waals surface area contributed by atoms with Gasteiger partial charge in [-0.2, -0.15) is 0 Å². The predicted octanol–water partition coefficient (Wildman–Crippen LogP) is 4.29. The van der Waals surface area contributed by atoms with Crippen molar-refractivity contribution in [3.8, 4) is 0 Å². The highest BCUT2D eigenvalue weighted by Crippen LogP contribution is 2.19. The van der Waals surface area contributed by atoms with Crippen LogP contribution in [-0.4, -0.2) is 51.4 Å². The fourth-order valence-electron chi connectivity index (χ4n) is 4.11. The van der Waals surface area contributed by atoms with E-state index in [1.165, 1.54) is 17.2 Å². The number of carbonyl (C=O) groups is 1. The number of likely N-dealkylation sites (N-methyl/N-ethyl adjacent to an activating group) is 1. The van der Waals surface area contributed by atoms with Crippen LogP contribution in [0, 0.1) is 12.7 Å². The van der Waals surface area contributed by atoms with Crippen LogP contribution in [0.25, 0.3) is 0 Å². The standard InChI is InChI=1S/C24H27FN4O.C2H6/c1-18-5-3-6-19(9-18)11-22-14-27(2)24(30)16-28(22)15-23-12-26-17-29(23)13-20-7-4-8-21(25)10-20;1-2/h3-10,12,17,22H,11,13-16H2,1-2H3;1-2H3. The first-order valence-corrected chi connectivity index (χ1v) is 11.2. The van der Waals surface area contributed by atoms with Gasteiger partial charge in [-0.15, -0.1) is 0 Å². The SMILES string of the molecule is CC.Cc1cccc(CC2CN(C)C(=O)CN2Cc2cncn2Cc2cccc(F)c2)c1. The molecule has 1 atom stereocenters. The molecule has 1 amide bonds. The van der Waals surface area contributed by atoms with Crippen molar-refractivity contribution in [1.82, 2.24) is 19.4 Å². The van der Waals surface area contributed by atoms with Gasteiger partial charge in [-0.3, -0.25) is 9.69 Å². The summed E-state index contributed by atoms with van der Waals surface area (Å²) in [6.45, 7) is 8.37. The first-order chi connectivity index (χ1) is 15.5. The number of aryl methyl sites for hydroxylation is 1. The van der Waals surface area contributed by atoms with Crippen molar-refractivity contribution >= 4 is 5.91 Å². The van der Waals surface area contributed by atoms with Crippen LogP contribution < -0.4 is 0 Å². The lowest BCUT2D eigenvalue weighted by Crippen LogP contribution is -2.55. The van der Waals surface area contributed by atoms with Crippen LogP contribution in [0.5, 0.6) is 0 Å². The van der Waals surface area contributed by atoms with Gasteiger partial charge in [-0.25, -0.2) is 9.37 Å². The van der Waals surface area contributed by atoms with Gasteiger partial charge in [-0.1, -0.05) is 55.8 Å². The van der Waals surface area contributed by atoms with Gasteiger partial charge in [0.25, 0.3) is 0 Å². The van der Waals surface area contributed by atoms with Crippen molar-refractivity contribution in [3.05, 3.63) is 89.3 Å². The number of amides is 1. The molecule has 1 aromatic heterocycles. The molecule has 1 aliphatic rings. The molecule has 6 heteroatoms. The zero-order valence-corrected chi connectivity index (χ0v) is 19.5. The summed E-state index contributed by atoms with van der Waals surface area (Å²) in [6, 6.07) is 15.4. The van der Waals surface area contributed by atoms with Crippen LogP contribution >= 0.6 is 0 Å². The lowest BCUT2D eigenvalue weighted by atomic mass is 10.0. The van der Waals surface area contributed by atoms with Gasteiger partial charge in [0.05, 0.1) is 18.6 Å². The van der Waals surface area contributed by atoms with E-state index in [4.69, 9.17) is 0 Å². The molecule has 0 radical (unpaired) electrons. The van der Waals surface area contributed by atoms with E-state index in [0.29, 0.717) is 26.2 Å². The second-order valence-corrected chi connectivity index (χ2v) is 8.17. The van der Waals surface area contributed by atoms with E-state index in [9.17, 15) is 9.18 Å². The number of hydrogen-bond acceptors (Lipinski definition) is 3. The van der Waals surface area contributed by atoms with Crippen molar-refractivity contribution in [1.29, 1.82) is 0 Å². The van der Waals surface area contributed by atoms with Gasteiger partial charge in [0.1, 0.15) is 5.82 Å². The van der Waals surface area contributed by atoms with Crippen molar-refractivity contribution in [3.63, 3.8) is 0 Å². The highest BCUT2D eigenvalue weighted by Gasteiger charge is 2.30. The Balaban J connectivity index is 0.00000141. The second-order valence-electron chi connectivity index (χ2n) is 8.17. The minimum Gasteiger partial charge on any atom is -0.343 e. The lowest BCUT2D eigenvalue weighted by molar-refractivity contribution is -0.137. The molecule has 5 nitrogen and oxygen atoms in total.